The molecule has 0 saturated carbocycles. The molecule has 132 valence electrons. The largest absolute Gasteiger partial charge is 0.462 e. The van der Waals surface area contributed by atoms with Crippen LogP contribution in [-0.4, -0.2) is 25.0 Å². The second-order valence-electron chi connectivity index (χ2n) is 5.12. The Labute approximate surface area is 156 Å². The van der Waals surface area contributed by atoms with Gasteiger partial charge in [0.05, 0.1) is 28.6 Å². The van der Waals surface area contributed by atoms with Gasteiger partial charge in [-0.25, -0.2) is 4.79 Å². The number of esters is 1. The minimum atomic E-state index is -0.468. The van der Waals surface area contributed by atoms with E-state index in [9.17, 15) is 9.59 Å². The van der Waals surface area contributed by atoms with Crippen molar-refractivity contribution in [2.75, 3.05) is 23.8 Å². The van der Waals surface area contributed by atoms with E-state index in [1.807, 2.05) is 0 Å². The number of para-hydroxylation sites is 1. The zero-order valence-electron chi connectivity index (χ0n) is 13.6. The predicted molar refractivity (Wildman–Crippen MR) is 101 cm³/mol. The summed E-state index contributed by atoms with van der Waals surface area (Å²) in [5.41, 5.74) is 1.45. The molecule has 0 saturated heterocycles. The van der Waals surface area contributed by atoms with Crippen molar-refractivity contribution in [1.29, 1.82) is 0 Å². The van der Waals surface area contributed by atoms with Gasteiger partial charge in [0.25, 0.3) is 0 Å². The van der Waals surface area contributed by atoms with Gasteiger partial charge in [0.15, 0.2) is 0 Å². The molecule has 0 fully saturated rings. The maximum atomic E-state index is 12.1. The van der Waals surface area contributed by atoms with E-state index in [2.05, 4.69) is 10.6 Å². The highest BCUT2D eigenvalue weighted by Crippen LogP contribution is 2.25. The fourth-order valence-corrected chi connectivity index (χ4v) is 2.61. The van der Waals surface area contributed by atoms with E-state index in [1.165, 1.54) is 0 Å². The van der Waals surface area contributed by atoms with E-state index >= 15 is 0 Å². The van der Waals surface area contributed by atoms with Gasteiger partial charge in [-0.1, -0.05) is 35.3 Å². The van der Waals surface area contributed by atoms with Crippen molar-refractivity contribution in [3.8, 4) is 0 Å². The zero-order valence-corrected chi connectivity index (χ0v) is 15.2. The second-order valence-corrected chi connectivity index (χ2v) is 5.96. The molecule has 2 N–H and O–H groups in total. The Morgan fingerprint density at radius 3 is 2.56 bits per heavy atom. The van der Waals surface area contributed by atoms with Crippen LogP contribution in [0.2, 0.25) is 10.0 Å². The number of rotatable bonds is 7. The Morgan fingerprint density at radius 1 is 1.08 bits per heavy atom. The number of anilines is 2. The standard InChI is InChI=1S/C18H18Cl2N2O3/c1-2-25-18(24)13-5-3-4-6-15(13)22-17(23)9-10-21-16-8-7-12(19)11-14(16)20/h3-8,11,21H,2,9-10H2,1H3,(H,22,23). The molecule has 2 rings (SSSR count). The third-order valence-corrected chi connectivity index (χ3v) is 3.84. The van der Waals surface area contributed by atoms with Crippen molar-refractivity contribution in [2.24, 2.45) is 0 Å². The normalized spacial score (nSPS) is 10.2. The van der Waals surface area contributed by atoms with Crippen LogP contribution < -0.4 is 10.6 Å². The highest BCUT2D eigenvalue weighted by molar-refractivity contribution is 6.36. The van der Waals surface area contributed by atoms with Crippen molar-refractivity contribution in [3.05, 3.63) is 58.1 Å². The average Bonchev–Trinajstić information content (AvgIpc) is 2.57. The number of ether oxygens (including phenoxy) is 1. The molecule has 0 unspecified atom stereocenters. The molecule has 1 amide bonds. The Bertz CT molecular complexity index is 766. The molecule has 0 aliphatic carbocycles. The lowest BCUT2D eigenvalue weighted by Gasteiger charge is -2.11. The molecule has 0 bridgehead atoms. The summed E-state index contributed by atoms with van der Waals surface area (Å²) in [5.74, 6) is -0.696. The lowest BCUT2D eigenvalue weighted by molar-refractivity contribution is -0.115. The third kappa shape index (κ3) is 5.66. The second kappa shape index (κ2) is 9.30. The Kier molecular flexibility index (Phi) is 7.10. The van der Waals surface area contributed by atoms with Gasteiger partial charge in [0, 0.05) is 18.0 Å². The van der Waals surface area contributed by atoms with Crippen molar-refractivity contribution in [2.45, 2.75) is 13.3 Å². The highest BCUT2D eigenvalue weighted by atomic mass is 35.5. The number of benzene rings is 2. The van der Waals surface area contributed by atoms with Gasteiger partial charge in [0.1, 0.15) is 0 Å². The zero-order chi connectivity index (χ0) is 18.2. The topological polar surface area (TPSA) is 67.4 Å². The number of carbonyl (C=O) groups excluding carboxylic acids is 2. The lowest BCUT2D eigenvalue weighted by atomic mass is 10.1. The summed E-state index contributed by atoms with van der Waals surface area (Å²) in [5, 5.41) is 6.83. The van der Waals surface area contributed by atoms with Crippen LogP contribution in [0.25, 0.3) is 0 Å². The fourth-order valence-electron chi connectivity index (χ4n) is 2.14. The Hall–Kier alpha value is -2.24. The lowest BCUT2D eigenvalue weighted by Crippen LogP contribution is -2.18. The summed E-state index contributed by atoms with van der Waals surface area (Å²) in [6, 6.07) is 11.8. The van der Waals surface area contributed by atoms with Gasteiger partial charge in [-0.15, -0.1) is 0 Å². The first-order valence-electron chi connectivity index (χ1n) is 7.76. The fraction of sp³-hybridized carbons (Fsp3) is 0.222. The summed E-state index contributed by atoms with van der Waals surface area (Å²) in [6.45, 7) is 2.38. The van der Waals surface area contributed by atoms with Crippen LogP contribution in [0.3, 0.4) is 0 Å². The molecule has 2 aromatic rings. The SMILES string of the molecule is CCOC(=O)c1ccccc1NC(=O)CCNc1ccc(Cl)cc1Cl. The average molecular weight is 381 g/mol. The van der Waals surface area contributed by atoms with E-state index in [4.69, 9.17) is 27.9 Å². The number of halogens is 2. The highest BCUT2D eigenvalue weighted by Gasteiger charge is 2.13. The van der Waals surface area contributed by atoms with Gasteiger partial charge >= 0.3 is 5.97 Å². The van der Waals surface area contributed by atoms with E-state index in [0.717, 1.165) is 0 Å². The molecule has 5 nitrogen and oxygen atoms in total. The van der Waals surface area contributed by atoms with Crippen molar-refractivity contribution in [1.82, 2.24) is 0 Å². The maximum Gasteiger partial charge on any atom is 0.340 e. The number of hydrogen-bond donors (Lipinski definition) is 2. The van der Waals surface area contributed by atoms with E-state index < -0.39 is 5.97 Å². The summed E-state index contributed by atoms with van der Waals surface area (Å²) in [6.07, 6.45) is 0.204. The molecule has 0 aromatic heterocycles. The van der Waals surface area contributed by atoms with Crippen LogP contribution in [0.15, 0.2) is 42.5 Å². The first kappa shape index (κ1) is 19.1. The van der Waals surface area contributed by atoms with E-state index in [-0.39, 0.29) is 18.9 Å². The molecule has 0 radical (unpaired) electrons. The van der Waals surface area contributed by atoms with Crippen LogP contribution >= 0.6 is 23.2 Å². The van der Waals surface area contributed by atoms with Crippen LogP contribution in [-0.2, 0) is 9.53 Å². The Balaban J connectivity index is 1.91. The van der Waals surface area contributed by atoms with Gasteiger partial charge in [-0.05, 0) is 37.3 Å². The van der Waals surface area contributed by atoms with Crippen LogP contribution in [0, 0.1) is 0 Å². The number of nitrogens with one attached hydrogen (secondary N) is 2. The molecule has 25 heavy (non-hydrogen) atoms. The van der Waals surface area contributed by atoms with Gasteiger partial charge in [0.2, 0.25) is 5.91 Å². The minimum Gasteiger partial charge on any atom is -0.462 e. The van der Waals surface area contributed by atoms with Crippen LogP contribution in [0.1, 0.15) is 23.7 Å². The monoisotopic (exact) mass is 380 g/mol. The van der Waals surface area contributed by atoms with Gasteiger partial charge in [-0.2, -0.15) is 0 Å². The molecule has 7 heteroatoms. The molecule has 0 heterocycles. The number of carbonyl (C=O) groups is 2. The molecule has 2 aromatic carbocycles. The maximum absolute atomic E-state index is 12.1. The summed E-state index contributed by atoms with van der Waals surface area (Å²) in [4.78, 5) is 24.0. The summed E-state index contributed by atoms with van der Waals surface area (Å²) < 4.78 is 4.98. The number of amides is 1. The number of hydrogen-bond acceptors (Lipinski definition) is 4. The Morgan fingerprint density at radius 2 is 1.84 bits per heavy atom. The summed E-state index contributed by atoms with van der Waals surface area (Å²) in [7, 11) is 0. The van der Waals surface area contributed by atoms with E-state index in [0.29, 0.717) is 33.5 Å². The quantitative estimate of drug-likeness (QED) is 0.688. The van der Waals surface area contributed by atoms with Crippen molar-refractivity contribution in [3.63, 3.8) is 0 Å². The van der Waals surface area contributed by atoms with Crippen LogP contribution in [0.4, 0.5) is 11.4 Å². The van der Waals surface area contributed by atoms with Crippen LogP contribution in [0.5, 0.6) is 0 Å². The molecule has 0 aliphatic heterocycles. The smallest absolute Gasteiger partial charge is 0.340 e. The van der Waals surface area contributed by atoms with E-state index in [1.54, 1.807) is 49.4 Å². The summed E-state index contributed by atoms with van der Waals surface area (Å²) >= 11 is 11.9. The predicted octanol–water partition coefficient (Wildman–Crippen LogP) is 4.61. The first-order valence-corrected chi connectivity index (χ1v) is 8.51. The molecular formula is C18H18Cl2N2O3. The first-order chi connectivity index (χ1) is 12.0. The minimum absolute atomic E-state index is 0.204. The molecule has 0 atom stereocenters. The van der Waals surface area contributed by atoms with Crippen molar-refractivity contribution >= 4 is 46.5 Å². The molecule has 0 spiro atoms. The third-order valence-electron chi connectivity index (χ3n) is 3.30. The van der Waals surface area contributed by atoms with Gasteiger partial charge < -0.3 is 15.4 Å². The van der Waals surface area contributed by atoms with Gasteiger partial charge in [-0.3, -0.25) is 4.79 Å². The molecule has 0 aliphatic rings. The molecular weight excluding hydrogens is 363 g/mol. The van der Waals surface area contributed by atoms with Crippen molar-refractivity contribution < 1.29 is 14.3 Å².